The Hall–Kier alpha value is -0.560. The van der Waals surface area contributed by atoms with E-state index < -0.39 is 0 Å². The van der Waals surface area contributed by atoms with Crippen molar-refractivity contribution < 1.29 is 4.79 Å². The fourth-order valence-corrected chi connectivity index (χ4v) is 2.07. The van der Waals surface area contributed by atoms with Crippen LogP contribution in [0.5, 0.6) is 0 Å². The number of hydrogen-bond donors (Lipinski definition) is 0. The fraction of sp³-hybridized carbons (Fsp3) is 0.500. The third-order valence-corrected chi connectivity index (χ3v) is 3.47. The minimum atomic E-state index is 0.0589. The number of anilines is 1. The molecule has 2 heterocycles. The molecule has 1 fully saturated rings. The first kappa shape index (κ1) is 10.9. The van der Waals surface area contributed by atoms with E-state index in [2.05, 4.69) is 47.0 Å². The summed E-state index contributed by atoms with van der Waals surface area (Å²) in [5.41, 5.74) is 0. The zero-order chi connectivity index (χ0) is 10.8. The lowest BCUT2D eigenvalue weighted by Gasteiger charge is -2.12. The summed E-state index contributed by atoms with van der Waals surface area (Å²) in [4.78, 5) is 17.2. The molecule has 1 unspecified atom stereocenters. The van der Waals surface area contributed by atoms with E-state index >= 15 is 0 Å². The van der Waals surface area contributed by atoms with Crippen LogP contribution in [0, 0.1) is 5.92 Å². The Morgan fingerprint density at radius 3 is 2.87 bits per heavy atom. The highest BCUT2D eigenvalue weighted by Crippen LogP contribution is 2.22. The maximum Gasteiger partial charge on any atom is 0.252 e. The molecule has 1 aromatic heterocycles. The van der Waals surface area contributed by atoms with Gasteiger partial charge in [-0.1, -0.05) is 15.9 Å². The van der Waals surface area contributed by atoms with E-state index in [9.17, 15) is 4.79 Å². The van der Waals surface area contributed by atoms with Crippen molar-refractivity contribution >= 4 is 43.7 Å². The van der Waals surface area contributed by atoms with Gasteiger partial charge in [0.15, 0.2) is 0 Å². The molecular formula is C8H8Br2N4O. The van der Waals surface area contributed by atoms with E-state index in [4.69, 9.17) is 0 Å². The van der Waals surface area contributed by atoms with E-state index in [1.165, 1.54) is 6.20 Å². The molecule has 15 heavy (non-hydrogen) atoms. The molecule has 1 amide bonds. The molecule has 1 atom stereocenters. The van der Waals surface area contributed by atoms with Crippen molar-refractivity contribution in [1.82, 2.24) is 15.2 Å². The number of amides is 1. The van der Waals surface area contributed by atoms with Gasteiger partial charge in [-0.2, -0.15) is 0 Å². The van der Waals surface area contributed by atoms with Gasteiger partial charge in [-0.3, -0.25) is 9.69 Å². The molecule has 0 N–H and O–H groups in total. The summed E-state index contributed by atoms with van der Waals surface area (Å²) >= 11 is 6.52. The van der Waals surface area contributed by atoms with E-state index in [1.807, 2.05) is 0 Å². The first-order valence-corrected chi connectivity index (χ1v) is 6.33. The van der Waals surface area contributed by atoms with Gasteiger partial charge in [0.1, 0.15) is 4.60 Å². The summed E-state index contributed by atoms with van der Waals surface area (Å²) in [6.45, 7) is 0.660. The molecule has 0 radical (unpaired) electrons. The second-order valence-corrected chi connectivity index (χ2v) is 4.77. The van der Waals surface area contributed by atoms with Crippen molar-refractivity contribution in [2.24, 2.45) is 5.92 Å². The number of rotatable bonds is 2. The molecule has 2 rings (SSSR count). The van der Waals surface area contributed by atoms with Gasteiger partial charge < -0.3 is 0 Å². The van der Waals surface area contributed by atoms with Crippen LogP contribution in [-0.2, 0) is 4.79 Å². The van der Waals surface area contributed by atoms with Crippen LogP contribution in [0.1, 0.15) is 6.42 Å². The van der Waals surface area contributed by atoms with E-state index in [0.29, 0.717) is 29.4 Å². The van der Waals surface area contributed by atoms with Crippen LogP contribution in [0.15, 0.2) is 10.8 Å². The number of halogens is 2. The second kappa shape index (κ2) is 4.52. The SMILES string of the molecule is O=C1CC(CBr)CN1c1ncc(Br)nn1. The summed E-state index contributed by atoms with van der Waals surface area (Å²) < 4.78 is 0.565. The van der Waals surface area contributed by atoms with Crippen LogP contribution in [0.2, 0.25) is 0 Å². The van der Waals surface area contributed by atoms with Crippen molar-refractivity contribution in [2.45, 2.75) is 6.42 Å². The van der Waals surface area contributed by atoms with Gasteiger partial charge in [0.05, 0.1) is 6.20 Å². The zero-order valence-electron chi connectivity index (χ0n) is 7.73. The highest BCUT2D eigenvalue weighted by atomic mass is 79.9. The first-order valence-electron chi connectivity index (χ1n) is 4.42. The summed E-state index contributed by atoms with van der Waals surface area (Å²) in [5.74, 6) is 0.778. The molecule has 0 saturated carbocycles. The van der Waals surface area contributed by atoms with Gasteiger partial charge in [0.25, 0.3) is 5.95 Å². The highest BCUT2D eigenvalue weighted by molar-refractivity contribution is 9.10. The lowest BCUT2D eigenvalue weighted by atomic mass is 10.2. The number of nitrogens with zero attached hydrogens (tertiary/aromatic N) is 4. The molecule has 5 nitrogen and oxygen atoms in total. The van der Waals surface area contributed by atoms with E-state index in [1.54, 1.807) is 4.90 Å². The van der Waals surface area contributed by atoms with Crippen LogP contribution in [0.3, 0.4) is 0 Å². The van der Waals surface area contributed by atoms with Crippen molar-refractivity contribution in [3.8, 4) is 0 Å². The summed E-state index contributed by atoms with van der Waals surface area (Å²) in [6, 6.07) is 0. The van der Waals surface area contributed by atoms with Gasteiger partial charge in [-0.15, -0.1) is 10.2 Å². The van der Waals surface area contributed by atoms with Crippen LogP contribution >= 0.6 is 31.9 Å². The minimum absolute atomic E-state index is 0.0589. The van der Waals surface area contributed by atoms with Gasteiger partial charge in [0.2, 0.25) is 5.91 Å². The Morgan fingerprint density at radius 1 is 1.53 bits per heavy atom. The Balaban J connectivity index is 2.18. The summed E-state index contributed by atoms with van der Waals surface area (Å²) in [7, 11) is 0. The van der Waals surface area contributed by atoms with Gasteiger partial charge in [-0.25, -0.2) is 4.98 Å². The summed E-state index contributed by atoms with van der Waals surface area (Å²) in [6.07, 6.45) is 2.09. The molecule has 7 heteroatoms. The number of carbonyl (C=O) groups is 1. The normalized spacial score (nSPS) is 21.1. The molecule has 0 aliphatic carbocycles. The zero-order valence-corrected chi connectivity index (χ0v) is 10.9. The van der Waals surface area contributed by atoms with Crippen LogP contribution < -0.4 is 4.90 Å². The average Bonchev–Trinajstić information content (AvgIpc) is 2.61. The average molecular weight is 336 g/mol. The van der Waals surface area contributed by atoms with E-state index in [-0.39, 0.29) is 5.91 Å². The third-order valence-electron chi connectivity index (χ3n) is 2.19. The van der Waals surface area contributed by atoms with Crippen molar-refractivity contribution in [2.75, 3.05) is 16.8 Å². The number of alkyl halides is 1. The van der Waals surface area contributed by atoms with Crippen LogP contribution in [-0.4, -0.2) is 33.0 Å². The predicted molar refractivity (Wildman–Crippen MR) is 61.8 cm³/mol. The number of aromatic nitrogens is 3. The smallest absolute Gasteiger partial charge is 0.252 e. The number of carbonyl (C=O) groups excluding carboxylic acids is 1. The maximum absolute atomic E-state index is 11.6. The fourth-order valence-electron chi connectivity index (χ4n) is 1.46. The Bertz CT molecular complexity index is 369. The van der Waals surface area contributed by atoms with Crippen molar-refractivity contribution in [3.05, 3.63) is 10.8 Å². The summed E-state index contributed by atoms with van der Waals surface area (Å²) in [5, 5.41) is 8.49. The third kappa shape index (κ3) is 2.34. The molecular weight excluding hydrogens is 328 g/mol. The molecule has 1 aromatic rings. The van der Waals surface area contributed by atoms with Gasteiger partial charge in [-0.05, 0) is 21.8 Å². The van der Waals surface area contributed by atoms with Crippen LogP contribution in [0.4, 0.5) is 5.95 Å². The first-order chi connectivity index (χ1) is 7.20. The topological polar surface area (TPSA) is 59.0 Å². The predicted octanol–water partition coefficient (Wildman–Crippen LogP) is 1.38. The largest absolute Gasteiger partial charge is 0.279 e. The monoisotopic (exact) mass is 334 g/mol. The second-order valence-electron chi connectivity index (χ2n) is 3.31. The maximum atomic E-state index is 11.6. The molecule has 1 saturated heterocycles. The number of hydrogen-bond acceptors (Lipinski definition) is 4. The Kier molecular flexibility index (Phi) is 3.30. The minimum Gasteiger partial charge on any atom is -0.279 e. The molecule has 1 aliphatic heterocycles. The molecule has 0 bridgehead atoms. The van der Waals surface area contributed by atoms with Crippen LogP contribution in [0.25, 0.3) is 0 Å². The molecule has 0 aromatic carbocycles. The standard InChI is InChI=1S/C8H8Br2N4O/c9-2-5-1-7(15)14(4-5)8-11-3-6(10)12-13-8/h3,5H,1-2,4H2. The van der Waals surface area contributed by atoms with E-state index in [0.717, 1.165) is 5.33 Å². The quantitative estimate of drug-likeness (QED) is 0.766. The lowest BCUT2D eigenvalue weighted by molar-refractivity contribution is -0.117. The highest BCUT2D eigenvalue weighted by Gasteiger charge is 2.31. The lowest BCUT2D eigenvalue weighted by Crippen LogP contribution is -2.27. The molecule has 0 spiro atoms. The van der Waals surface area contributed by atoms with Crippen molar-refractivity contribution in [3.63, 3.8) is 0 Å². The van der Waals surface area contributed by atoms with Crippen molar-refractivity contribution in [1.29, 1.82) is 0 Å². The molecule has 80 valence electrons. The Labute approximate surface area is 104 Å². The van der Waals surface area contributed by atoms with Gasteiger partial charge >= 0.3 is 0 Å². The van der Waals surface area contributed by atoms with Gasteiger partial charge in [0, 0.05) is 18.3 Å². The molecule has 1 aliphatic rings. The Morgan fingerprint density at radius 2 is 2.33 bits per heavy atom.